The molecule has 2 aromatic heterocycles. The zero-order valence-electron chi connectivity index (χ0n) is 16.4. The normalized spacial score (nSPS) is 19.5. The Balaban J connectivity index is 1.43. The molecule has 1 aliphatic heterocycles. The molecule has 0 bridgehead atoms. The Hall–Kier alpha value is -2.83. The van der Waals surface area contributed by atoms with Crippen LogP contribution < -0.4 is 26.4 Å². The second-order valence-corrected chi connectivity index (χ2v) is 7.81. The number of hydrogen-bond donors (Lipinski definition) is 1. The highest BCUT2D eigenvalue weighted by Crippen LogP contribution is 2.20. The zero-order valence-corrected chi connectivity index (χ0v) is 16.4. The number of carbonyl (C=O) groups excluding carboxylic acids is 1. The first-order valence-corrected chi connectivity index (χ1v) is 9.89. The molecule has 2 aromatic rings. The molecule has 1 fully saturated rings. The number of furan rings is 1. The first-order chi connectivity index (χ1) is 13.5. The summed E-state index contributed by atoms with van der Waals surface area (Å²) in [5.74, 6) is 2.10. The molecule has 1 atom stereocenters. The van der Waals surface area contributed by atoms with Crippen LogP contribution in [-0.4, -0.2) is 34.8 Å². The number of piperidine rings is 1. The number of fused-ring (bicyclic) bond motifs is 1. The molecule has 1 aliphatic carbocycles. The minimum absolute atomic E-state index is 0.0848. The first-order valence-electron chi connectivity index (χ1n) is 9.89. The maximum Gasteiger partial charge on any atom is 0.267 e. The van der Waals surface area contributed by atoms with Crippen molar-refractivity contribution < 1.29 is 9.21 Å². The molecule has 1 amide bonds. The summed E-state index contributed by atoms with van der Waals surface area (Å²) in [6, 6.07) is 5.09. The Morgan fingerprint density at radius 2 is 2.11 bits per heavy atom. The highest BCUT2D eigenvalue weighted by Gasteiger charge is 2.19. The molecule has 148 valence electrons. The molecule has 2 aliphatic rings. The van der Waals surface area contributed by atoms with E-state index in [0.29, 0.717) is 6.42 Å². The van der Waals surface area contributed by atoms with E-state index in [4.69, 9.17) is 4.42 Å². The van der Waals surface area contributed by atoms with Crippen LogP contribution in [0.4, 0.5) is 5.82 Å². The molecular weight excluding hydrogens is 356 g/mol. The minimum atomic E-state index is -0.267. The number of hydrogen-bond acceptors (Lipinski definition) is 5. The van der Waals surface area contributed by atoms with Gasteiger partial charge in [0.25, 0.3) is 5.56 Å². The molecule has 7 heteroatoms. The van der Waals surface area contributed by atoms with E-state index in [1.54, 1.807) is 6.07 Å². The van der Waals surface area contributed by atoms with Gasteiger partial charge >= 0.3 is 0 Å². The highest BCUT2D eigenvalue weighted by molar-refractivity contribution is 5.77. The Morgan fingerprint density at radius 1 is 1.32 bits per heavy atom. The van der Waals surface area contributed by atoms with E-state index in [2.05, 4.69) is 22.2 Å². The van der Waals surface area contributed by atoms with Gasteiger partial charge in [-0.3, -0.25) is 9.59 Å². The monoisotopic (exact) mass is 382 g/mol. The Morgan fingerprint density at radius 3 is 2.89 bits per heavy atom. The van der Waals surface area contributed by atoms with Gasteiger partial charge in [0.2, 0.25) is 5.91 Å². The maximum absolute atomic E-state index is 12.5. The van der Waals surface area contributed by atoms with Crippen molar-refractivity contribution >= 4 is 23.9 Å². The summed E-state index contributed by atoms with van der Waals surface area (Å²) in [6.07, 6.45) is 6.87. The van der Waals surface area contributed by atoms with Crippen LogP contribution >= 0.6 is 0 Å². The molecule has 4 rings (SSSR count). The van der Waals surface area contributed by atoms with Gasteiger partial charge in [-0.05, 0) is 50.3 Å². The lowest BCUT2D eigenvalue weighted by Crippen LogP contribution is -2.42. The summed E-state index contributed by atoms with van der Waals surface area (Å²) >= 11 is 0. The molecule has 0 aromatic carbocycles. The quantitative estimate of drug-likeness (QED) is 0.834. The maximum atomic E-state index is 12.5. The third-order valence-electron chi connectivity index (χ3n) is 5.45. The van der Waals surface area contributed by atoms with Gasteiger partial charge in [0, 0.05) is 24.4 Å². The van der Waals surface area contributed by atoms with E-state index in [1.807, 2.05) is 25.1 Å². The molecule has 1 unspecified atom stereocenters. The molecular formula is C21H26N4O3. The number of aromatic nitrogens is 2. The molecule has 28 heavy (non-hydrogen) atoms. The van der Waals surface area contributed by atoms with E-state index in [1.165, 1.54) is 10.7 Å². The molecule has 3 heterocycles. The Bertz CT molecular complexity index is 1040. The molecule has 0 spiro atoms. The number of anilines is 1. The predicted octanol–water partition coefficient (Wildman–Crippen LogP) is 0.531. The fourth-order valence-electron chi connectivity index (χ4n) is 3.81. The predicted molar refractivity (Wildman–Crippen MR) is 107 cm³/mol. The second kappa shape index (κ2) is 7.66. The highest BCUT2D eigenvalue weighted by atomic mass is 16.3. The fourth-order valence-corrected chi connectivity index (χ4v) is 3.81. The number of aryl methyl sites for hydroxylation is 1. The Labute approximate surface area is 163 Å². The van der Waals surface area contributed by atoms with Gasteiger partial charge in [0.05, 0.1) is 6.04 Å². The Kier molecular flexibility index (Phi) is 5.07. The largest absolute Gasteiger partial charge is 0.462 e. The molecule has 1 N–H and O–H groups in total. The van der Waals surface area contributed by atoms with Crippen LogP contribution in [0.15, 0.2) is 27.4 Å². The van der Waals surface area contributed by atoms with Crippen molar-refractivity contribution in [1.29, 1.82) is 0 Å². The van der Waals surface area contributed by atoms with Gasteiger partial charge in [0.15, 0.2) is 0 Å². The summed E-state index contributed by atoms with van der Waals surface area (Å²) < 4.78 is 6.84. The second-order valence-electron chi connectivity index (χ2n) is 7.81. The standard InChI is InChI=1S/C21H26N4O3/c1-14-7-9-24(10-8-14)19-5-6-21(27)25(23-19)13-20(26)22-17-3-4-18-16(12-17)11-15(2)28-18/h4-6,11-12,14,17H,3,7-10,13H2,1-2H3,(H,22,26). The number of rotatable bonds is 4. The van der Waals surface area contributed by atoms with Crippen molar-refractivity contribution in [1.82, 2.24) is 15.1 Å². The van der Waals surface area contributed by atoms with Crippen molar-refractivity contribution in [3.8, 4) is 0 Å². The summed E-state index contributed by atoms with van der Waals surface area (Å²) in [5.41, 5.74) is 0.584. The lowest BCUT2D eigenvalue weighted by Gasteiger charge is -2.31. The van der Waals surface area contributed by atoms with Gasteiger partial charge in [-0.2, -0.15) is 5.10 Å². The summed E-state index contributed by atoms with van der Waals surface area (Å²) in [5, 5.41) is 8.39. The van der Waals surface area contributed by atoms with Crippen molar-refractivity contribution in [2.75, 3.05) is 18.0 Å². The van der Waals surface area contributed by atoms with E-state index < -0.39 is 0 Å². The van der Waals surface area contributed by atoms with Crippen LogP contribution in [-0.2, 0) is 11.3 Å². The molecule has 0 saturated carbocycles. The first kappa shape index (κ1) is 18.5. The van der Waals surface area contributed by atoms with Crippen molar-refractivity contribution in [3.05, 3.63) is 44.9 Å². The number of nitrogens with one attached hydrogen (secondary N) is 1. The summed E-state index contributed by atoms with van der Waals surface area (Å²) in [7, 11) is 0. The van der Waals surface area contributed by atoms with Crippen LogP contribution in [0.3, 0.4) is 0 Å². The summed E-state index contributed by atoms with van der Waals surface area (Å²) in [4.78, 5) is 26.9. The molecule has 7 nitrogen and oxygen atoms in total. The van der Waals surface area contributed by atoms with Gasteiger partial charge in [0.1, 0.15) is 23.5 Å². The third-order valence-corrected chi connectivity index (χ3v) is 5.45. The SMILES string of the molecule is Cc1cc2c(o1)=CCC(NC(=O)Cn1nc(N3CCC(C)CC3)ccc1=O)C=2. The van der Waals surface area contributed by atoms with E-state index >= 15 is 0 Å². The third kappa shape index (κ3) is 4.03. The average Bonchev–Trinajstić information content (AvgIpc) is 3.03. The number of nitrogens with zero attached hydrogens (tertiary/aromatic N) is 3. The minimum Gasteiger partial charge on any atom is -0.462 e. The average molecular weight is 382 g/mol. The fraction of sp³-hybridized carbons (Fsp3) is 0.476. The molecule has 0 radical (unpaired) electrons. The van der Waals surface area contributed by atoms with Crippen molar-refractivity contribution in [2.45, 2.75) is 45.7 Å². The van der Waals surface area contributed by atoms with Gasteiger partial charge in [-0.1, -0.05) is 13.0 Å². The van der Waals surface area contributed by atoms with E-state index in [-0.39, 0.29) is 24.1 Å². The van der Waals surface area contributed by atoms with Crippen LogP contribution in [0, 0.1) is 12.8 Å². The van der Waals surface area contributed by atoms with Crippen LogP contribution in [0.25, 0.3) is 12.2 Å². The smallest absolute Gasteiger partial charge is 0.267 e. The topological polar surface area (TPSA) is 80.4 Å². The van der Waals surface area contributed by atoms with Gasteiger partial charge < -0.3 is 14.6 Å². The van der Waals surface area contributed by atoms with Crippen LogP contribution in [0.1, 0.15) is 31.9 Å². The lowest BCUT2D eigenvalue weighted by atomic mass is 9.99. The van der Waals surface area contributed by atoms with Crippen LogP contribution in [0.2, 0.25) is 0 Å². The molecule has 1 saturated heterocycles. The van der Waals surface area contributed by atoms with E-state index in [0.717, 1.165) is 54.1 Å². The number of carbonyl (C=O) groups is 1. The number of amides is 1. The van der Waals surface area contributed by atoms with Crippen molar-refractivity contribution in [2.24, 2.45) is 5.92 Å². The summed E-state index contributed by atoms with van der Waals surface area (Å²) in [6.45, 7) is 5.93. The zero-order chi connectivity index (χ0) is 19.7. The van der Waals surface area contributed by atoms with Gasteiger partial charge in [-0.15, -0.1) is 0 Å². The lowest BCUT2D eigenvalue weighted by molar-refractivity contribution is -0.122. The van der Waals surface area contributed by atoms with Crippen molar-refractivity contribution in [3.63, 3.8) is 0 Å². The van der Waals surface area contributed by atoms with Crippen LogP contribution in [0.5, 0.6) is 0 Å². The van der Waals surface area contributed by atoms with E-state index in [9.17, 15) is 9.59 Å². The van der Waals surface area contributed by atoms with Gasteiger partial charge in [-0.25, -0.2) is 4.68 Å².